The van der Waals surface area contributed by atoms with Crippen molar-refractivity contribution in [1.29, 1.82) is 0 Å². The average Bonchev–Trinajstić information content (AvgIpc) is 2.62. The van der Waals surface area contributed by atoms with Gasteiger partial charge in [-0.1, -0.05) is 74.5 Å². The van der Waals surface area contributed by atoms with Crippen LogP contribution in [0.1, 0.15) is 31.9 Å². The smallest absolute Gasteiger partial charge is 0.0510 e. The van der Waals surface area contributed by atoms with E-state index in [0.717, 1.165) is 6.42 Å². The first-order valence-corrected chi connectivity index (χ1v) is 7.90. The van der Waals surface area contributed by atoms with Crippen LogP contribution in [-0.2, 0) is 0 Å². The molecule has 0 aliphatic rings. The van der Waals surface area contributed by atoms with Gasteiger partial charge in [0.1, 0.15) is 0 Å². The van der Waals surface area contributed by atoms with E-state index in [0.29, 0.717) is 5.92 Å². The van der Waals surface area contributed by atoms with Crippen molar-refractivity contribution in [3.63, 3.8) is 0 Å². The number of nitrogens with zero attached hydrogens (tertiary/aromatic N) is 1. The largest absolute Gasteiger partial charge is 0.260 e. The van der Waals surface area contributed by atoms with Gasteiger partial charge in [0, 0.05) is 17.3 Å². The Morgan fingerprint density at radius 2 is 1.41 bits per heavy atom. The molecule has 0 bridgehead atoms. The lowest BCUT2D eigenvalue weighted by atomic mass is 9.93. The van der Waals surface area contributed by atoms with Crippen molar-refractivity contribution < 1.29 is 0 Å². The van der Waals surface area contributed by atoms with Crippen LogP contribution in [0.15, 0.2) is 72.9 Å². The van der Waals surface area contributed by atoms with Gasteiger partial charge in [0.25, 0.3) is 0 Å². The molecule has 110 valence electrons. The first-order valence-electron chi connectivity index (χ1n) is 7.90. The molecule has 0 saturated carbocycles. The molecule has 3 rings (SSSR count). The van der Waals surface area contributed by atoms with Crippen LogP contribution in [0.3, 0.4) is 0 Å². The number of pyridine rings is 1. The van der Waals surface area contributed by atoms with Gasteiger partial charge in [-0.3, -0.25) is 4.98 Å². The third kappa shape index (κ3) is 2.94. The summed E-state index contributed by atoms with van der Waals surface area (Å²) in [6.45, 7) is 4.46. The van der Waals surface area contributed by atoms with Crippen molar-refractivity contribution in [3.8, 4) is 22.3 Å². The summed E-state index contributed by atoms with van der Waals surface area (Å²) in [7, 11) is 0. The van der Waals surface area contributed by atoms with Crippen molar-refractivity contribution in [2.24, 2.45) is 0 Å². The first-order chi connectivity index (χ1) is 10.8. The van der Waals surface area contributed by atoms with Crippen LogP contribution in [0.5, 0.6) is 0 Å². The minimum atomic E-state index is 0.458. The predicted octanol–water partition coefficient (Wildman–Crippen LogP) is 5.93. The molecule has 1 atom stereocenters. The Hall–Kier alpha value is -2.41. The zero-order chi connectivity index (χ0) is 15.4. The fraction of sp³-hybridized carbons (Fsp3) is 0.190. The van der Waals surface area contributed by atoms with E-state index in [1.165, 1.54) is 27.9 Å². The number of aromatic nitrogens is 1. The Morgan fingerprint density at radius 1 is 0.818 bits per heavy atom. The fourth-order valence-corrected chi connectivity index (χ4v) is 2.70. The lowest BCUT2D eigenvalue weighted by Crippen LogP contribution is -2.00. The van der Waals surface area contributed by atoms with Crippen LogP contribution in [0.4, 0.5) is 0 Å². The van der Waals surface area contributed by atoms with E-state index in [1.807, 2.05) is 12.3 Å². The van der Waals surface area contributed by atoms with E-state index in [9.17, 15) is 0 Å². The number of hydrogen-bond donors (Lipinski definition) is 0. The van der Waals surface area contributed by atoms with Crippen LogP contribution in [0.25, 0.3) is 22.3 Å². The van der Waals surface area contributed by atoms with Gasteiger partial charge < -0.3 is 0 Å². The highest BCUT2D eigenvalue weighted by atomic mass is 14.7. The van der Waals surface area contributed by atoms with E-state index in [4.69, 9.17) is 4.98 Å². The average molecular weight is 287 g/mol. The third-order valence-corrected chi connectivity index (χ3v) is 4.19. The quantitative estimate of drug-likeness (QED) is 0.579. The minimum absolute atomic E-state index is 0.458. The van der Waals surface area contributed by atoms with Crippen molar-refractivity contribution in [1.82, 2.24) is 4.98 Å². The van der Waals surface area contributed by atoms with Gasteiger partial charge in [-0.2, -0.15) is 0 Å². The monoisotopic (exact) mass is 287 g/mol. The second-order valence-electron chi connectivity index (χ2n) is 5.70. The summed E-state index contributed by atoms with van der Waals surface area (Å²) in [5.74, 6) is 0.458. The van der Waals surface area contributed by atoms with Crippen LogP contribution in [0, 0.1) is 0 Å². The van der Waals surface area contributed by atoms with Gasteiger partial charge in [0.15, 0.2) is 0 Å². The maximum Gasteiger partial charge on any atom is 0.0510 e. The molecule has 1 unspecified atom stereocenters. The number of benzene rings is 2. The maximum absolute atomic E-state index is 4.80. The fourth-order valence-electron chi connectivity index (χ4n) is 2.70. The van der Waals surface area contributed by atoms with E-state index >= 15 is 0 Å². The van der Waals surface area contributed by atoms with Crippen LogP contribution in [0.2, 0.25) is 0 Å². The standard InChI is InChI=1S/C21H21N/c1-3-16(2)21-20(18-12-8-5-9-13-18)14-19(15-22-21)17-10-6-4-7-11-17/h4-16H,3H2,1-2H3. The number of rotatable bonds is 4. The Bertz CT molecular complexity index is 732. The van der Waals surface area contributed by atoms with Crippen molar-refractivity contribution in [2.75, 3.05) is 0 Å². The molecule has 1 aromatic heterocycles. The van der Waals surface area contributed by atoms with E-state index in [1.54, 1.807) is 0 Å². The van der Waals surface area contributed by atoms with Crippen molar-refractivity contribution in [3.05, 3.63) is 78.6 Å². The summed E-state index contributed by atoms with van der Waals surface area (Å²) in [5.41, 5.74) is 6.06. The van der Waals surface area contributed by atoms with Crippen molar-refractivity contribution in [2.45, 2.75) is 26.2 Å². The first kappa shape index (κ1) is 14.5. The highest BCUT2D eigenvalue weighted by molar-refractivity contribution is 5.74. The highest BCUT2D eigenvalue weighted by Crippen LogP contribution is 2.32. The molecule has 0 saturated heterocycles. The molecule has 0 aliphatic carbocycles. The Labute approximate surface area is 132 Å². The molecule has 1 heterocycles. The second kappa shape index (κ2) is 6.57. The molecule has 0 N–H and O–H groups in total. The summed E-state index contributed by atoms with van der Waals surface area (Å²) in [4.78, 5) is 4.80. The third-order valence-electron chi connectivity index (χ3n) is 4.19. The molecule has 0 fully saturated rings. The van der Waals surface area contributed by atoms with E-state index in [2.05, 4.69) is 74.5 Å². The SMILES string of the molecule is CCC(C)c1ncc(-c2ccccc2)cc1-c1ccccc1. The summed E-state index contributed by atoms with van der Waals surface area (Å²) < 4.78 is 0. The van der Waals surface area contributed by atoms with Gasteiger partial charge >= 0.3 is 0 Å². The Balaban J connectivity index is 2.15. The van der Waals surface area contributed by atoms with E-state index < -0.39 is 0 Å². The maximum atomic E-state index is 4.80. The second-order valence-corrected chi connectivity index (χ2v) is 5.70. The lowest BCUT2D eigenvalue weighted by Gasteiger charge is -2.16. The molecule has 0 aliphatic heterocycles. The molecule has 2 aromatic carbocycles. The summed E-state index contributed by atoms with van der Waals surface area (Å²) in [6, 6.07) is 23.3. The van der Waals surface area contributed by atoms with Crippen LogP contribution < -0.4 is 0 Å². The van der Waals surface area contributed by atoms with Gasteiger partial charge in [-0.05, 0) is 29.5 Å². The summed E-state index contributed by atoms with van der Waals surface area (Å²) in [6.07, 6.45) is 3.10. The Kier molecular flexibility index (Phi) is 4.34. The molecule has 0 amide bonds. The van der Waals surface area contributed by atoms with E-state index in [-0.39, 0.29) is 0 Å². The van der Waals surface area contributed by atoms with Crippen molar-refractivity contribution >= 4 is 0 Å². The lowest BCUT2D eigenvalue weighted by molar-refractivity contribution is 0.710. The normalized spacial score (nSPS) is 12.1. The van der Waals surface area contributed by atoms with Gasteiger partial charge in [0.2, 0.25) is 0 Å². The zero-order valence-electron chi connectivity index (χ0n) is 13.2. The molecular weight excluding hydrogens is 266 g/mol. The summed E-state index contributed by atoms with van der Waals surface area (Å²) in [5, 5.41) is 0. The molecule has 3 aromatic rings. The Morgan fingerprint density at radius 3 is 2.00 bits per heavy atom. The highest BCUT2D eigenvalue weighted by Gasteiger charge is 2.13. The molecule has 1 nitrogen and oxygen atoms in total. The molecular formula is C21H21N. The molecule has 0 spiro atoms. The molecule has 22 heavy (non-hydrogen) atoms. The zero-order valence-corrected chi connectivity index (χ0v) is 13.2. The van der Waals surface area contributed by atoms with Gasteiger partial charge in [-0.15, -0.1) is 0 Å². The minimum Gasteiger partial charge on any atom is -0.260 e. The molecule has 0 radical (unpaired) electrons. The van der Waals surface area contributed by atoms with Gasteiger partial charge in [0.05, 0.1) is 5.69 Å². The van der Waals surface area contributed by atoms with Crippen LogP contribution in [-0.4, -0.2) is 4.98 Å². The summed E-state index contributed by atoms with van der Waals surface area (Å²) >= 11 is 0. The number of hydrogen-bond acceptors (Lipinski definition) is 1. The van der Waals surface area contributed by atoms with Gasteiger partial charge in [-0.25, -0.2) is 0 Å². The van der Waals surface area contributed by atoms with Crippen LogP contribution >= 0.6 is 0 Å². The molecule has 1 heteroatoms. The topological polar surface area (TPSA) is 12.9 Å². The predicted molar refractivity (Wildman–Crippen MR) is 93.8 cm³/mol.